The number of nitrogens with zero attached hydrogens (tertiary/aromatic N) is 2. The summed E-state index contributed by atoms with van der Waals surface area (Å²) in [5.41, 5.74) is 1.70. The molecule has 134 valence electrons. The van der Waals surface area contributed by atoms with E-state index in [1.165, 1.54) is 0 Å². The lowest BCUT2D eigenvalue weighted by Crippen LogP contribution is -2.49. The van der Waals surface area contributed by atoms with E-state index in [9.17, 15) is 9.59 Å². The van der Waals surface area contributed by atoms with Crippen molar-refractivity contribution in [1.29, 1.82) is 0 Å². The summed E-state index contributed by atoms with van der Waals surface area (Å²) in [5, 5.41) is 2.81. The second-order valence-corrected chi connectivity index (χ2v) is 6.38. The predicted molar refractivity (Wildman–Crippen MR) is 102 cm³/mol. The lowest BCUT2D eigenvalue weighted by atomic mass is 10.1. The minimum absolute atomic E-state index is 0.147. The van der Waals surface area contributed by atoms with Gasteiger partial charge in [0.05, 0.1) is 0 Å². The summed E-state index contributed by atoms with van der Waals surface area (Å²) in [6.07, 6.45) is 1.74. The van der Waals surface area contributed by atoms with Gasteiger partial charge in [-0.05, 0) is 30.8 Å². The number of rotatable bonds is 4. The SMILES string of the molecule is CN1CCN(C(=O)C(=Cc2ccccc2)NC(=O)c2ccccc2)CC1. The second-order valence-electron chi connectivity index (χ2n) is 6.38. The first-order chi connectivity index (χ1) is 12.6. The number of piperazine rings is 1. The molecule has 3 rings (SSSR count). The van der Waals surface area contributed by atoms with E-state index >= 15 is 0 Å². The number of nitrogens with one attached hydrogen (secondary N) is 1. The maximum atomic E-state index is 13.0. The molecular formula is C21H23N3O2. The van der Waals surface area contributed by atoms with Crippen molar-refractivity contribution in [2.45, 2.75) is 0 Å². The molecule has 0 atom stereocenters. The van der Waals surface area contributed by atoms with E-state index in [1.807, 2.05) is 43.4 Å². The molecule has 0 spiro atoms. The molecule has 1 aliphatic rings. The lowest BCUT2D eigenvalue weighted by Gasteiger charge is -2.33. The average molecular weight is 349 g/mol. The zero-order chi connectivity index (χ0) is 18.4. The zero-order valence-corrected chi connectivity index (χ0v) is 14.9. The van der Waals surface area contributed by atoms with Gasteiger partial charge in [0.15, 0.2) is 0 Å². The van der Waals surface area contributed by atoms with Crippen LogP contribution < -0.4 is 5.32 Å². The van der Waals surface area contributed by atoms with Gasteiger partial charge in [0.25, 0.3) is 11.8 Å². The van der Waals surface area contributed by atoms with Gasteiger partial charge in [-0.2, -0.15) is 0 Å². The molecular weight excluding hydrogens is 326 g/mol. The Bertz CT molecular complexity index is 779. The summed E-state index contributed by atoms with van der Waals surface area (Å²) in [5.74, 6) is -0.429. The molecule has 1 heterocycles. The molecule has 0 bridgehead atoms. The third kappa shape index (κ3) is 4.58. The molecule has 2 aromatic carbocycles. The van der Waals surface area contributed by atoms with Crippen molar-refractivity contribution in [3.8, 4) is 0 Å². The van der Waals surface area contributed by atoms with Gasteiger partial charge in [-0.3, -0.25) is 9.59 Å². The maximum Gasteiger partial charge on any atom is 0.270 e. The van der Waals surface area contributed by atoms with Crippen molar-refractivity contribution in [1.82, 2.24) is 15.1 Å². The number of benzene rings is 2. The number of likely N-dealkylation sites (N-methyl/N-ethyl adjacent to an activating group) is 1. The second kappa shape index (κ2) is 8.45. The van der Waals surface area contributed by atoms with Crippen molar-refractivity contribution in [2.24, 2.45) is 0 Å². The van der Waals surface area contributed by atoms with Crippen LogP contribution in [0.25, 0.3) is 6.08 Å². The number of hydrogen-bond acceptors (Lipinski definition) is 3. The number of carbonyl (C=O) groups is 2. The first kappa shape index (κ1) is 17.9. The number of amides is 2. The first-order valence-electron chi connectivity index (χ1n) is 8.74. The largest absolute Gasteiger partial charge is 0.335 e. The Morgan fingerprint density at radius 1 is 0.885 bits per heavy atom. The van der Waals surface area contributed by atoms with Crippen molar-refractivity contribution in [2.75, 3.05) is 33.2 Å². The fraction of sp³-hybridized carbons (Fsp3) is 0.238. The van der Waals surface area contributed by atoms with Crippen molar-refractivity contribution in [3.63, 3.8) is 0 Å². The topological polar surface area (TPSA) is 52.6 Å². The van der Waals surface area contributed by atoms with Crippen LogP contribution >= 0.6 is 0 Å². The van der Waals surface area contributed by atoms with Crippen LogP contribution in [0, 0.1) is 0 Å². The third-order valence-electron chi connectivity index (χ3n) is 4.42. The molecule has 1 N–H and O–H groups in total. The minimum atomic E-state index is -0.282. The first-order valence-corrected chi connectivity index (χ1v) is 8.74. The Labute approximate surface area is 153 Å². The highest BCUT2D eigenvalue weighted by molar-refractivity contribution is 6.05. The molecule has 5 nitrogen and oxygen atoms in total. The van der Waals surface area contributed by atoms with Gasteiger partial charge in [0, 0.05) is 31.7 Å². The molecule has 0 radical (unpaired) electrons. The summed E-state index contributed by atoms with van der Waals surface area (Å²) in [6, 6.07) is 18.5. The predicted octanol–water partition coefficient (Wildman–Crippen LogP) is 2.23. The summed E-state index contributed by atoms with van der Waals surface area (Å²) in [4.78, 5) is 29.5. The van der Waals surface area contributed by atoms with Gasteiger partial charge >= 0.3 is 0 Å². The summed E-state index contributed by atoms with van der Waals surface area (Å²) in [7, 11) is 2.04. The van der Waals surface area contributed by atoms with Gasteiger partial charge in [-0.25, -0.2) is 0 Å². The number of carbonyl (C=O) groups excluding carboxylic acids is 2. The standard InChI is InChI=1S/C21H23N3O2/c1-23-12-14-24(15-13-23)21(26)19(16-17-8-4-2-5-9-17)22-20(25)18-10-6-3-7-11-18/h2-11,16H,12-15H2,1H3,(H,22,25). The molecule has 1 aliphatic heterocycles. The Morgan fingerprint density at radius 2 is 1.46 bits per heavy atom. The quantitative estimate of drug-likeness (QED) is 0.862. The van der Waals surface area contributed by atoms with Crippen LogP contribution in [-0.2, 0) is 4.79 Å². The Morgan fingerprint density at radius 3 is 2.08 bits per heavy atom. The van der Waals surface area contributed by atoms with Crippen LogP contribution in [0.5, 0.6) is 0 Å². The fourth-order valence-corrected chi connectivity index (χ4v) is 2.83. The van der Waals surface area contributed by atoms with Crippen molar-refractivity contribution in [3.05, 3.63) is 77.5 Å². The Balaban J connectivity index is 1.83. The van der Waals surface area contributed by atoms with Crippen LogP contribution in [-0.4, -0.2) is 54.8 Å². The zero-order valence-electron chi connectivity index (χ0n) is 14.9. The van der Waals surface area contributed by atoms with E-state index in [4.69, 9.17) is 0 Å². The van der Waals surface area contributed by atoms with Crippen LogP contribution in [0.4, 0.5) is 0 Å². The highest BCUT2D eigenvalue weighted by Crippen LogP contribution is 2.11. The highest BCUT2D eigenvalue weighted by Gasteiger charge is 2.23. The molecule has 0 unspecified atom stereocenters. The van der Waals surface area contributed by atoms with Crippen LogP contribution in [0.2, 0.25) is 0 Å². The van der Waals surface area contributed by atoms with E-state index in [0.717, 1.165) is 18.7 Å². The van der Waals surface area contributed by atoms with Crippen molar-refractivity contribution >= 4 is 17.9 Å². The van der Waals surface area contributed by atoms with E-state index in [-0.39, 0.29) is 11.8 Å². The van der Waals surface area contributed by atoms with E-state index in [0.29, 0.717) is 24.4 Å². The molecule has 1 fully saturated rings. The monoisotopic (exact) mass is 349 g/mol. The molecule has 26 heavy (non-hydrogen) atoms. The van der Waals surface area contributed by atoms with Gasteiger partial charge in [0.1, 0.15) is 5.70 Å². The van der Waals surface area contributed by atoms with Crippen LogP contribution in [0.15, 0.2) is 66.4 Å². The summed E-state index contributed by atoms with van der Waals surface area (Å²) in [6.45, 7) is 2.97. The fourth-order valence-electron chi connectivity index (χ4n) is 2.83. The van der Waals surface area contributed by atoms with E-state index in [2.05, 4.69) is 10.2 Å². The van der Waals surface area contributed by atoms with Gasteiger partial charge in [-0.1, -0.05) is 48.5 Å². The number of hydrogen-bond donors (Lipinski definition) is 1. The minimum Gasteiger partial charge on any atom is -0.335 e. The molecule has 2 aromatic rings. The molecule has 1 saturated heterocycles. The molecule has 5 heteroatoms. The smallest absolute Gasteiger partial charge is 0.270 e. The third-order valence-corrected chi connectivity index (χ3v) is 4.42. The van der Waals surface area contributed by atoms with E-state index < -0.39 is 0 Å². The molecule has 2 amide bonds. The normalized spacial score (nSPS) is 15.6. The van der Waals surface area contributed by atoms with Gasteiger partial charge < -0.3 is 15.1 Å². The van der Waals surface area contributed by atoms with Gasteiger partial charge in [0.2, 0.25) is 0 Å². The summed E-state index contributed by atoms with van der Waals surface area (Å²) >= 11 is 0. The van der Waals surface area contributed by atoms with Crippen LogP contribution in [0.1, 0.15) is 15.9 Å². The lowest BCUT2D eigenvalue weighted by molar-refractivity contribution is -0.128. The average Bonchev–Trinajstić information content (AvgIpc) is 2.69. The Hall–Kier alpha value is -2.92. The Kier molecular flexibility index (Phi) is 5.81. The van der Waals surface area contributed by atoms with E-state index in [1.54, 1.807) is 35.2 Å². The molecule has 0 aliphatic carbocycles. The highest BCUT2D eigenvalue weighted by atomic mass is 16.2. The molecule has 0 saturated carbocycles. The maximum absolute atomic E-state index is 13.0. The summed E-state index contributed by atoms with van der Waals surface area (Å²) < 4.78 is 0. The van der Waals surface area contributed by atoms with Crippen LogP contribution in [0.3, 0.4) is 0 Å². The van der Waals surface area contributed by atoms with Crippen molar-refractivity contribution < 1.29 is 9.59 Å². The van der Waals surface area contributed by atoms with Gasteiger partial charge in [-0.15, -0.1) is 0 Å². The molecule has 0 aromatic heterocycles.